The lowest BCUT2D eigenvalue weighted by Gasteiger charge is -2.05. The Morgan fingerprint density at radius 2 is 1.00 bits per heavy atom. The SMILES string of the molecule is Bc1cccc(-c2ccc(-c3ccccc3)cc2)c1. The molecule has 3 aromatic rings. The Kier molecular flexibility index (Phi) is 3.20. The molecular weight excluding hydrogens is 227 g/mol. The summed E-state index contributed by atoms with van der Waals surface area (Å²) in [7, 11) is 2.13. The molecule has 3 rings (SSSR count). The Hall–Kier alpha value is -2.28. The Morgan fingerprint density at radius 1 is 0.474 bits per heavy atom. The van der Waals surface area contributed by atoms with Crippen LogP contribution in [0.4, 0.5) is 0 Å². The zero-order valence-electron chi connectivity index (χ0n) is 11.0. The van der Waals surface area contributed by atoms with Crippen LogP contribution in [0.1, 0.15) is 0 Å². The molecule has 0 amide bonds. The molecule has 19 heavy (non-hydrogen) atoms. The van der Waals surface area contributed by atoms with E-state index in [0.29, 0.717) is 0 Å². The van der Waals surface area contributed by atoms with Crippen molar-refractivity contribution in [1.82, 2.24) is 0 Å². The van der Waals surface area contributed by atoms with E-state index in [1.807, 2.05) is 6.07 Å². The third-order valence-electron chi connectivity index (χ3n) is 3.34. The van der Waals surface area contributed by atoms with Gasteiger partial charge in [0.05, 0.1) is 0 Å². The molecule has 0 aliphatic rings. The van der Waals surface area contributed by atoms with E-state index in [-0.39, 0.29) is 0 Å². The van der Waals surface area contributed by atoms with Crippen LogP contribution < -0.4 is 5.46 Å². The summed E-state index contributed by atoms with van der Waals surface area (Å²) in [6.07, 6.45) is 0. The van der Waals surface area contributed by atoms with E-state index >= 15 is 0 Å². The molecule has 0 aromatic heterocycles. The first kappa shape index (κ1) is 11.8. The van der Waals surface area contributed by atoms with Gasteiger partial charge in [0.1, 0.15) is 7.85 Å². The minimum absolute atomic E-state index is 1.26. The summed E-state index contributed by atoms with van der Waals surface area (Å²) in [4.78, 5) is 0. The van der Waals surface area contributed by atoms with Crippen LogP contribution in [-0.4, -0.2) is 7.85 Å². The van der Waals surface area contributed by atoms with E-state index in [1.165, 1.54) is 27.7 Å². The van der Waals surface area contributed by atoms with E-state index in [9.17, 15) is 0 Å². The monoisotopic (exact) mass is 242 g/mol. The van der Waals surface area contributed by atoms with Crippen LogP contribution in [0.15, 0.2) is 78.9 Å². The van der Waals surface area contributed by atoms with Crippen LogP contribution in [0.5, 0.6) is 0 Å². The second-order valence-electron chi connectivity index (χ2n) is 4.81. The zero-order valence-corrected chi connectivity index (χ0v) is 11.0. The topological polar surface area (TPSA) is 0 Å². The summed E-state index contributed by atoms with van der Waals surface area (Å²) in [6, 6.07) is 27.8. The van der Waals surface area contributed by atoms with Crippen molar-refractivity contribution in [1.29, 1.82) is 0 Å². The number of hydrogen-bond acceptors (Lipinski definition) is 0. The standard InChI is InChI=1S/C18H15B/c19-18-8-4-7-17(13-18)16-11-9-15(10-12-16)14-5-2-1-3-6-14/h1-13H,19H2. The largest absolute Gasteiger partial charge is 0.139 e. The van der Waals surface area contributed by atoms with Crippen molar-refractivity contribution in [2.24, 2.45) is 0 Å². The summed E-state index contributed by atoms with van der Waals surface area (Å²) >= 11 is 0. The molecule has 0 unspecified atom stereocenters. The summed E-state index contributed by atoms with van der Waals surface area (Å²) in [5.74, 6) is 0. The lowest BCUT2D eigenvalue weighted by atomic mass is 9.92. The smallest absolute Gasteiger partial charge is 0.0884 e. The van der Waals surface area contributed by atoms with Crippen LogP contribution in [0.3, 0.4) is 0 Å². The van der Waals surface area contributed by atoms with E-state index in [4.69, 9.17) is 0 Å². The van der Waals surface area contributed by atoms with Gasteiger partial charge >= 0.3 is 0 Å². The maximum Gasteiger partial charge on any atom is 0.139 e. The lowest BCUT2D eigenvalue weighted by Crippen LogP contribution is -2.00. The summed E-state index contributed by atoms with van der Waals surface area (Å²) in [5, 5.41) is 0. The Labute approximate surface area is 115 Å². The first-order valence-electron chi connectivity index (χ1n) is 6.55. The van der Waals surface area contributed by atoms with Gasteiger partial charge in [-0.2, -0.15) is 0 Å². The maximum atomic E-state index is 2.22. The first-order chi connectivity index (χ1) is 9.33. The van der Waals surface area contributed by atoms with Crippen molar-refractivity contribution in [3.8, 4) is 22.3 Å². The van der Waals surface area contributed by atoms with Crippen molar-refractivity contribution in [2.75, 3.05) is 0 Å². The molecule has 0 aliphatic heterocycles. The van der Waals surface area contributed by atoms with E-state index in [1.54, 1.807) is 0 Å². The third-order valence-corrected chi connectivity index (χ3v) is 3.34. The van der Waals surface area contributed by atoms with E-state index < -0.39 is 0 Å². The fraction of sp³-hybridized carbons (Fsp3) is 0. The first-order valence-corrected chi connectivity index (χ1v) is 6.55. The van der Waals surface area contributed by atoms with Gasteiger partial charge in [0.15, 0.2) is 0 Å². The van der Waals surface area contributed by atoms with Gasteiger partial charge in [0, 0.05) is 0 Å². The van der Waals surface area contributed by atoms with Gasteiger partial charge in [0.25, 0.3) is 0 Å². The van der Waals surface area contributed by atoms with Crippen LogP contribution in [0.2, 0.25) is 0 Å². The molecule has 1 heteroatoms. The zero-order chi connectivity index (χ0) is 13.1. The fourth-order valence-electron chi connectivity index (χ4n) is 2.31. The van der Waals surface area contributed by atoms with Gasteiger partial charge in [-0.3, -0.25) is 0 Å². The number of rotatable bonds is 2. The highest BCUT2D eigenvalue weighted by Crippen LogP contribution is 2.24. The minimum atomic E-state index is 1.26. The van der Waals surface area contributed by atoms with E-state index in [2.05, 4.69) is 80.6 Å². The van der Waals surface area contributed by atoms with Gasteiger partial charge in [-0.1, -0.05) is 84.3 Å². The van der Waals surface area contributed by atoms with Crippen LogP contribution >= 0.6 is 0 Å². The highest BCUT2D eigenvalue weighted by Gasteiger charge is 1.99. The molecule has 0 radical (unpaired) electrons. The normalized spacial score (nSPS) is 10.3. The van der Waals surface area contributed by atoms with E-state index in [0.717, 1.165) is 0 Å². The molecule has 90 valence electrons. The van der Waals surface area contributed by atoms with Gasteiger partial charge < -0.3 is 0 Å². The Bertz CT molecular complexity index is 670. The molecule has 0 bridgehead atoms. The molecule has 0 saturated heterocycles. The average molecular weight is 242 g/mol. The summed E-state index contributed by atoms with van der Waals surface area (Å²) in [5.41, 5.74) is 6.36. The summed E-state index contributed by atoms with van der Waals surface area (Å²) < 4.78 is 0. The van der Waals surface area contributed by atoms with Gasteiger partial charge in [-0.25, -0.2) is 0 Å². The fourth-order valence-corrected chi connectivity index (χ4v) is 2.31. The van der Waals surface area contributed by atoms with Gasteiger partial charge in [0.2, 0.25) is 0 Å². The second kappa shape index (κ2) is 5.15. The van der Waals surface area contributed by atoms with Gasteiger partial charge in [-0.05, 0) is 22.3 Å². The number of benzene rings is 3. The molecule has 0 fully saturated rings. The Morgan fingerprint density at radius 3 is 1.63 bits per heavy atom. The predicted molar refractivity (Wildman–Crippen MR) is 85.5 cm³/mol. The molecule has 0 nitrogen and oxygen atoms in total. The van der Waals surface area contributed by atoms with Crippen molar-refractivity contribution in [3.63, 3.8) is 0 Å². The van der Waals surface area contributed by atoms with Crippen molar-refractivity contribution < 1.29 is 0 Å². The van der Waals surface area contributed by atoms with Crippen LogP contribution in [-0.2, 0) is 0 Å². The van der Waals surface area contributed by atoms with Crippen LogP contribution in [0, 0.1) is 0 Å². The maximum absolute atomic E-state index is 2.22. The quantitative estimate of drug-likeness (QED) is 0.605. The average Bonchev–Trinajstić information content (AvgIpc) is 2.48. The molecule has 0 N–H and O–H groups in total. The summed E-state index contributed by atoms with van der Waals surface area (Å²) in [6.45, 7) is 0. The Balaban J connectivity index is 1.95. The molecular formula is C18H15B. The predicted octanol–water partition coefficient (Wildman–Crippen LogP) is 3.28. The highest BCUT2D eigenvalue weighted by molar-refractivity contribution is 6.32. The molecule has 0 saturated carbocycles. The minimum Gasteiger partial charge on any atom is -0.0884 e. The van der Waals surface area contributed by atoms with Crippen molar-refractivity contribution in [2.45, 2.75) is 0 Å². The molecule has 0 atom stereocenters. The molecule has 3 aromatic carbocycles. The lowest BCUT2D eigenvalue weighted by molar-refractivity contribution is 1.60. The number of hydrogen-bond donors (Lipinski definition) is 0. The molecule has 0 spiro atoms. The van der Waals surface area contributed by atoms with Crippen molar-refractivity contribution >= 4 is 13.3 Å². The molecule has 0 aliphatic carbocycles. The third kappa shape index (κ3) is 2.60. The second-order valence-corrected chi connectivity index (χ2v) is 4.81. The highest BCUT2D eigenvalue weighted by atomic mass is 14.0. The van der Waals surface area contributed by atoms with Crippen LogP contribution in [0.25, 0.3) is 22.3 Å². The van der Waals surface area contributed by atoms with Gasteiger partial charge in [-0.15, -0.1) is 0 Å². The van der Waals surface area contributed by atoms with Crippen molar-refractivity contribution in [3.05, 3.63) is 78.9 Å². The molecule has 0 heterocycles.